The number of benzene rings is 4. The summed E-state index contributed by atoms with van der Waals surface area (Å²) in [6, 6.07) is 36.5. The first-order valence-corrected chi connectivity index (χ1v) is 10.8. The van der Waals surface area contributed by atoms with E-state index in [0.717, 1.165) is 17.1 Å². The van der Waals surface area contributed by atoms with Crippen molar-refractivity contribution >= 4 is 23.1 Å². The molecule has 0 heterocycles. The Labute approximate surface area is 191 Å². The molecule has 0 aliphatic heterocycles. The van der Waals surface area contributed by atoms with Gasteiger partial charge < -0.3 is 4.90 Å². The van der Waals surface area contributed by atoms with Gasteiger partial charge in [0.15, 0.2) is 0 Å². The lowest BCUT2D eigenvalue weighted by Gasteiger charge is -2.26. The van der Waals surface area contributed by atoms with E-state index < -0.39 is 0 Å². The van der Waals surface area contributed by atoms with Gasteiger partial charge in [-0.1, -0.05) is 104 Å². The first kappa shape index (κ1) is 21.1. The number of rotatable bonds is 7. The van der Waals surface area contributed by atoms with E-state index >= 15 is 0 Å². The number of aryl methyl sites for hydroxylation is 1. The summed E-state index contributed by atoms with van der Waals surface area (Å²) in [4.78, 5) is 2.29. The molecule has 0 aromatic heterocycles. The molecule has 0 N–H and O–H groups in total. The summed E-state index contributed by atoms with van der Waals surface area (Å²) in [7, 11) is 0. The fourth-order valence-electron chi connectivity index (χ4n) is 3.69. The lowest BCUT2D eigenvalue weighted by atomic mass is 10.0. The van der Waals surface area contributed by atoms with E-state index in [0.29, 0.717) is 0 Å². The summed E-state index contributed by atoms with van der Waals surface area (Å²) in [5.41, 5.74) is 8.27. The monoisotopic (exact) mass is 413 g/mol. The minimum absolute atomic E-state index is 1.14. The van der Waals surface area contributed by atoms with Gasteiger partial charge in [-0.25, -0.2) is 0 Å². The van der Waals surface area contributed by atoms with Crippen LogP contribution in [0.1, 0.15) is 11.1 Å². The Balaban J connectivity index is 1.61. The molecule has 0 radical (unpaired) electrons. The summed E-state index contributed by atoms with van der Waals surface area (Å²) < 4.78 is 0. The molecule has 156 valence electrons. The van der Waals surface area contributed by atoms with Crippen molar-refractivity contribution in [2.75, 3.05) is 4.90 Å². The predicted octanol–water partition coefficient (Wildman–Crippen LogP) is 8.89. The summed E-state index contributed by atoms with van der Waals surface area (Å²) in [6.45, 7) is 5.81. The van der Waals surface area contributed by atoms with E-state index in [9.17, 15) is 0 Å². The molecular formula is C31H27N. The number of hydrogen-bond acceptors (Lipinski definition) is 1. The zero-order valence-electron chi connectivity index (χ0n) is 18.4. The highest BCUT2D eigenvalue weighted by molar-refractivity contribution is 5.78. The normalized spacial score (nSPS) is 11.2. The number of para-hydroxylation sites is 1. The predicted molar refractivity (Wildman–Crippen MR) is 140 cm³/mol. The van der Waals surface area contributed by atoms with E-state index in [1.807, 2.05) is 18.2 Å². The molecule has 0 aliphatic rings. The van der Waals surface area contributed by atoms with E-state index in [4.69, 9.17) is 0 Å². The Morgan fingerprint density at radius 2 is 1.22 bits per heavy atom. The summed E-state index contributed by atoms with van der Waals surface area (Å²) in [5, 5.41) is 0. The van der Waals surface area contributed by atoms with Crippen molar-refractivity contribution in [2.24, 2.45) is 0 Å². The van der Waals surface area contributed by atoms with Gasteiger partial charge in [-0.2, -0.15) is 0 Å². The molecule has 0 spiro atoms. The van der Waals surface area contributed by atoms with Crippen LogP contribution in [0.2, 0.25) is 0 Å². The van der Waals surface area contributed by atoms with Crippen LogP contribution in [0.25, 0.3) is 17.2 Å². The lowest BCUT2D eigenvalue weighted by Crippen LogP contribution is -2.09. The molecule has 32 heavy (non-hydrogen) atoms. The number of anilines is 3. The Kier molecular flexibility index (Phi) is 6.79. The van der Waals surface area contributed by atoms with Crippen molar-refractivity contribution in [1.29, 1.82) is 0 Å². The topological polar surface area (TPSA) is 3.24 Å². The first-order valence-electron chi connectivity index (χ1n) is 10.8. The second-order valence-electron chi connectivity index (χ2n) is 7.66. The van der Waals surface area contributed by atoms with E-state index in [2.05, 4.69) is 128 Å². The minimum Gasteiger partial charge on any atom is -0.310 e. The van der Waals surface area contributed by atoms with Gasteiger partial charge in [-0.05, 0) is 65.6 Å². The Hall–Kier alpha value is -4.10. The highest BCUT2D eigenvalue weighted by Gasteiger charge is 2.12. The molecule has 4 aromatic carbocycles. The van der Waals surface area contributed by atoms with Crippen LogP contribution in [-0.4, -0.2) is 0 Å². The van der Waals surface area contributed by atoms with Gasteiger partial charge >= 0.3 is 0 Å². The quantitative estimate of drug-likeness (QED) is 0.273. The van der Waals surface area contributed by atoms with Crippen LogP contribution >= 0.6 is 0 Å². The van der Waals surface area contributed by atoms with Crippen LogP contribution in [0.15, 0.2) is 134 Å². The molecule has 0 saturated heterocycles. The molecule has 0 fully saturated rings. The summed E-state index contributed by atoms with van der Waals surface area (Å²) in [6.07, 6.45) is 9.78. The molecule has 1 nitrogen and oxygen atoms in total. The third-order valence-electron chi connectivity index (χ3n) is 5.29. The average molecular weight is 414 g/mol. The van der Waals surface area contributed by atoms with E-state index in [-0.39, 0.29) is 0 Å². The molecule has 0 saturated carbocycles. The average Bonchev–Trinajstić information content (AvgIpc) is 2.84. The van der Waals surface area contributed by atoms with Gasteiger partial charge in [0.2, 0.25) is 0 Å². The maximum atomic E-state index is 3.68. The van der Waals surface area contributed by atoms with E-state index in [1.54, 1.807) is 6.08 Å². The van der Waals surface area contributed by atoms with Crippen LogP contribution in [0.3, 0.4) is 0 Å². The molecule has 0 atom stereocenters. The number of hydrogen-bond donors (Lipinski definition) is 0. The molecule has 0 bridgehead atoms. The zero-order chi connectivity index (χ0) is 22.2. The number of nitrogens with zero attached hydrogens (tertiary/aromatic N) is 1. The Morgan fingerprint density at radius 3 is 1.88 bits per heavy atom. The zero-order valence-corrected chi connectivity index (χ0v) is 18.4. The van der Waals surface area contributed by atoms with Crippen molar-refractivity contribution in [1.82, 2.24) is 0 Å². The molecule has 0 aliphatic carbocycles. The molecule has 4 rings (SSSR count). The van der Waals surface area contributed by atoms with Crippen LogP contribution in [0, 0.1) is 6.92 Å². The van der Waals surface area contributed by atoms with Crippen LogP contribution in [-0.2, 0) is 0 Å². The third-order valence-corrected chi connectivity index (χ3v) is 5.29. The van der Waals surface area contributed by atoms with Gasteiger partial charge in [0.05, 0.1) is 0 Å². The second kappa shape index (κ2) is 10.3. The first-order chi connectivity index (χ1) is 15.7. The van der Waals surface area contributed by atoms with Crippen LogP contribution in [0.4, 0.5) is 17.1 Å². The fraction of sp³-hybridized carbons (Fsp3) is 0.0323. The van der Waals surface area contributed by atoms with E-state index in [1.165, 1.54) is 22.3 Å². The highest BCUT2D eigenvalue weighted by atomic mass is 15.1. The van der Waals surface area contributed by atoms with Crippen molar-refractivity contribution in [3.63, 3.8) is 0 Å². The minimum atomic E-state index is 1.14. The van der Waals surface area contributed by atoms with Gasteiger partial charge in [0, 0.05) is 17.1 Å². The smallest absolute Gasteiger partial charge is 0.0464 e. The molecule has 0 amide bonds. The standard InChI is InChI=1S/C31H27N/c1-3-4-5-7-12-26-16-18-27(19-17-26)28-20-22-30(23-21-28)32(29-13-8-6-9-14-29)31-15-10-11-25(2)24-31/h3-24H,1H2,2H3/b5-4-,12-7-. The summed E-state index contributed by atoms with van der Waals surface area (Å²) >= 11 is 0. The van der Waals surface area contributed by atoms with Crippen LogP contribution < -0.4 is 4.90 Å². The van der Waals surface area contributed by atoms with Crippen molar-refractivity contribution in [3.05, 3.63) is 145 Å². The molecule has 1 heteroatoms. The molecular weight excluding hydrogens is 386 g/mol. The maximum Gasteiger partial charge on any atom is 0.0464 e. The Bertz CT molecular complexity index is 1210. The van der Waals surface area contributed by atoms with Gasteiger partial charge in [-0.3, -0.25) is 0 Å². The SMILES string of the molecule is C=C/C=C\C=C/c1ccc(-c2ccc(N(c3ccccc3)c3cccc(C)c3)cc2)cc1. The third kappa shape index (κ3) is 5.14. The second-order valence-corrected chi connectivity index (χ2v) is 7.66. The lowest BCUT2D eigenvalue weighted by molar-refractivity contribution is 1.27. The van der Waals surface area contributed by atoms with Crippen molar-refractivity contribution in [3.8, 4) is 11.1 Å². The fourth-order valence-corrected chi connectivity index (χ4v) is 3.69. The van der Waals surface area contributed by atoms with Gasteiger partial charge in [-0.15, -0.1) is 0 Å². The summed E-state index contributed by atoms with van der Waals surface area (Å²) in [5.74, 6) is 0. The molecule has 0 unspecified atom stereocenters. The largest absolute Gasteiger partial charge is 0.310 e. The van der Waals surface area contributed by atoms with Gasteiger partial charge in [0.25, 0.3) is 0 Å². The van der Waals surface area contributed by atoms with Gasteiger partial charge in [0.1, 0.15) is 0 Å². The van der Waals surface area contributed by atoms with Crippen molar-refractivity contribution < 1.29 is 0 Å². The van der Waals surface area contributed by atoms with Crippen molar-refractivity contribution in [2.45, 2.75) is 6.92 Å². The highest BCUT2D eigenvalue weighted by Crippen LogP contribution is 2.35. The van der Waals surface area contributed by atoms with Crippen LogP contribution in [0.5, 0.6) is 0 Å². The molecule has 4 aromatic rings. The maximum absolute atomic E-state index is 3.68. The Morgan fingerprint density at radius 1 is 0.594 bits per heavy atom. The number of allylic oxidation sites excluding steroid dienone is 4.